The van der Waals surface area contributed by atoms with Crippen LogP contribution in [0.15, 0.2) is 0 Å². The van der Waals surface area contributed by atoms with Crippen molar-refractivity contribution < 1.29 is 14.6 Å². The van der Waals surface area contributed by atoms with E-state index in [1.54, 1.807) is 7.11 Å². The fourth-order valence-electron chi connectivity index (χ4n) is 0.833. The molecule has 0 aliphatic heterocycles. The van der Waals surface area contributed by atoms with Gasteiger partial charge in [-0.25, -0.2) is 0 Å². The summed E-state index contributed by atoms with van der Waals surface area (Å²) in [5.74, 6) is -0.264. The van der Waals surface area contributed by atoms with E-state index in [0.29, 0.717) is 5.92 Å². The predicted molar refractivity (Wildman–Crippen MR) is 42.5 cm³/mol. The molecule has 3 nitrogen and oxygen atoms in total. The number of methoxy groups -OCH3 is 1. The first kappa shape index (κ1) is 10.4. The third kappa shape index (κ3) is 7.33. The van der Waals surface area contributed by atoms with Crippen molar-refractivity contribution in [3.63, 3.8) is 0 Å². The molecule has 0 amide bonds. The Balaban J connectivity index is 3.22. The van der Waals surface area contributed by atoms with Gasteiger partial charge in [-0.15, -0.1) is 0 Å². The molecule has 0 saturated heterocycles. The summed E-state index contributed by atoms with van der Waals surface area (Å²) < 4.78 is 4.87. The Bertz CT molecular complexity index is 112. The van der Waals surface area contributed by atoms with Crippen molar-refractivity contribution >= 4 is 5.97 Å². The van der Waals surface area contributed by atoms with E-state index in [-0.39, 0.29) is 6.42 Å². The normalized spacial score (nSPS) is 12.9. The van der Waals surface area contributed by atoms with Crippen molar-refractivity contribution in [1.82, 2.24) is 0 Å². The average Bonchev–Trinajstić information content (AvgIpc) is 1.97. The summed E-state index contributed by atoms with van der Waals surface area (Å²) in [5.41, 5.74) is 0. The van der Waals surface area contributed by atoms with E-state index < -0.39 is 5.97 Å². The smallest absolute Gasteiger partial charge is 0.303 e. The molecule has 0 aromatic rings. The van der Waals surface area contributed by atoms with Gasteiger partial charge in [0.1, 0.15) is 0 Å². The van der Waals surface area contributed by atoms with Gasteiger partial charge >= 0.3 is 5.97 Å². The van der Waals surface area contributed by atoms with Crippen molar-refractivity contribution in [1.29, 1.82) is 0 Å². The summed E-state index contributed by atoms with van der Waals surface area (Å²) in [6.07, 6.45) is 1.97. The molecular formula is C8H16O3. The molecule has 0 aliphatic carbocycles. The fraction of sp³-hybridized carbons (Fsp3) is 0.875. The van der Waals surface area contributed by atoms with Gasteiger partial charge in [0.2, 0.25) is 0 Å². The van der Waals surface area contributed by atoms with E-state index in [9.17, 15) is 4.79 Å². The molecule has 11 heavy (non-hydrogen) atoms. The minimum atomic E-state index is -0.714. The third-order valence-corrected chi connectivity index (χ3v) is 1.67. The van der Waals surface area contributed by atoms with Gasteiger partial charge in [-0.1, -0.05) is 6.92 Å². The monoisotopic (exact) mass is 160 g/mol. The molecule has 0 aromatic heterocycles. The van der Waals surface area contributed by atoms with Gasteiger partial charge in [0.15, 0.2) is 0 Å². The molecule has 3 heteroatoms. The predicted octanol–water partition coefficient (Wildman–Crippen LogP) is 1.52. The fourth-order valence-corrected chi connectivity index (χ4v) is 0.833. The first-order chi connectivity index (χ1) is 5.16. The van der Waals surface area contributed by atoms with E-state index in [4.69, 9.17) is 9.84 Å². The average molecular weight is 160 g/mol. The van der Waals surface area contributed by atoms with E-state index in [0.717, 1.165) is 19.4 Å². The van der Waals surface area contributed by atoms with Gasteiger partial charge in [0.05, 0.1) is 0 Å². The van der Waals surface area contributed by atoms with Crippen LogP contribution in [0, 0.1) is 5.92 Å². The SMILES string of the molecule is COCC[C@H](C)CCC(=O)O. The largest absolute Gasteiger partial charge is 0.481 e. The van der Waals surface area contributed by atoms with Crippen molar-refractivity contribution in [3.8, 4) is 0 Å². The van der Waals surface area contributed by atoms with Crippen molar-refractivity contribution in [2.24, 2.45) is 5.92 Å². The highest BCUT2D eigenvalue weighted by atomic mass is 16.5. The number of carbonyl (C=O) groups is 1. The van der Waals surface area contributed by atoms with Crippen LogP contribution in [0.1, 0.15) is 26.2 Å². The number of aliphatic carboxylic acids is 1. The van der Waals surface area contributed by atoms with E-state index in [2.05, 4.69) is 0 Å². The van der Waals surface area contributed by atoms with Crippen LogP contribution < -0.4 is 0 Å². The number of hydrogen-bond donors (Lipinski definition) is 1. The van der Waals surface area contributed by atoms with E-state index in [1.165, 1.54) is 0 Å². The summed E-state index contributed by atoms with van der Waals surface area (Å²) in [5, 5.41) is 8.36. The number of carboxylic acid groups (broad SMARTS) is 1. The highest BCUT2D eigenvalue weighted by Crippen LogP contribution is 2.09. The Morgan fingerprint density at radius 1 is 1.55 bits per heavy atom. The zero-order valence-corrected chi connectivity index (χ0v) is 7.17. The molecular weight excluding hydrogens is 144 g/mol. The second-order valence-electron chi connectivity index (χ2n) is 2.82. The van der Waals surface area contributed by atoms with Gasteiger partial charge in [-0.3, -0.25) is 4.79 Å². The Kier molecular flexibility index (Phi) is 5.84. The van der Waals surface area contributed by atoms with Crippen LogP contribution in [-0.2, 0) is 9.53 Å². The maximum absolute atomic E-state index is 10.1. The minimum absolute atomic E-state index is 0.269. The van der Waals surface area contributed by atoms with Crippen molar-refractivity contribution in [2.45, 2.75) is 26.2 Å². The molecule has 0 rings (SSSR count). The summed E-state index contributed by atoms with van der Waals surface area (Å²) in [7, 11) is 1.66. The summed E-state index contributed by atoms with van der Waals surface area (Å²) in [6, 6.07) is 0. The maximum Gasteiger partial charge on any atom is 0.303 e. The first-order valence-corrected chi connectivity index (χ1v) is 3.87. The number of hydrogen-bond acceptors (Lipinski definition) is 2. The number of carboxylic acids is 1. The van der Waals surface area contributed by atoms with Crippen LogP contribution in [0.2, 0.25) is 0 Å². The third-order valence-electron chi connectivity index (χ3n) is 1.67. The lowest BCUT2D eigenvalue weighted by molar-refractivity contribution is -0.137. The summed E-state index contributed by atoms with van der Waals surface area (Å²) >= 11 is 0. The van der Waals surface area contributed by atoms with Crippen LogP contribution in [0.25, 0.3) is 0 Å². The lowest BCUT2D eigenvalue weighted by Gasteiger charge is -2.07. The molecule has 0 saturated carbocycles. The lowest BCUT2D eigenvalue weighted by Crippen LogP contribution is -2.03. The first-order valence-electron chi connectivity index (χ1n) is 3.87. The standard InChI is InChI=1S/C8H16O3/c1-7(5-6-11-2)3-4-8(9)10/h7H,3-6H2,1-2H3,(H,9,10)/t7-/m1/s1. The maximum atomic E-state index is 10.1. The van der Waals surface area contributed by atoms with Crippen LogP contribution in [-0.4, -0.2) is 24.8 Å². The van der Waals surface area contributed by atoms with E-state index in [1.807, 2.05) is 6.92 Å². The van der Waals surface area contributed by atoms with Gasteiger partial charge < -0.3 is 9.84 Å². The highest BCUT2D eigenvalue weighted by molar-refractivity contribution is 5.66. The topological polar surface area (TPSA) is 46.5 Å². The molecule has 0 heterocycles. The lowest BCUT2D eigenvalue weighted by atomic mass is 10.0. The molecule has 0 aromatic carbocycles. The number of ether oxygens (including phenoxy) is 1. The quantitative estimate of drug-likeness (QED) is 0.640. The molecule has 0 bridgehead atoms. The Labute approximate surface area is 67.4 Å². The van der Waals surface area contributed by atoms with Gasteiger partial charge in [0, 0.05) is 20.1 Å². The molecule has 0 fully saturated rings. The second-order valence-corrected chi connectivity index (χ2v) is 2.82. The molecule has 1 N–H and O–H groups in total. The molecule has 0 radical (unpaired) electrons. The Morgan fingerprint density at radius 2 is 2.18 bits per heavy atom. The number of rotatable bonds is 6. The van der Waals surface area contributed by atoms with Crippen molar-refractivity contribution in [3.05, 3.63) is 0 Å². The van der Waals surface area contributed by atoms with Gasteiger partial charge in [-0.05, 0) is 18.8 Å². The van der Waals surface area contributed by atoms with E-state index >= 15 is 0 Å². The minimum Gasteiger partial charge on any atom is -0.481 e. The zero-order chi connectivity index (χ0) is 8.69. The molecule has 0 aliphatic rings. The van der Waals surface area contributed by atoms with Crippen LogP contribution in [0.5, 0.6) is 0 Å². The van der Waals surface area contributed by atoms with Crippen LogP contribution >= 0.6 is 0 Å². The Hall–Kier alpha value is -0.570. The van der Waals surface area contributed by atoms with Gasteiger partial charge in [0.25, 0.3) is 0 Å². The molecule has 1 atom stereocenters. The highest BCUT2D eigenvalue weighted by Gasteiger charge is 2.04. The second kappa shape index (κ2) is 6.16. The van der Waals surface area contributed by atoms with Crippen LogP contribution in [0.4, 0.5) is 0 Å². The molecule has 66 valence electrons. The Morgan fingerprint density at radius 3 is 2.64 bits per heavy atom. The van der Waals surface area contributed by atoms with Crippen LogP contribution in [0.3, 0.4) is 0 Å². The summed E-state index contributed by atoms with van der Waals surface area (Å²) in [6.45, 7) is 2.77. The zero-order valence-electron chi connectivity index (χ0n) is 7.17. The van der Waals surface area contributed by atoms with Crippen molar-refractivity contribution in [2.75, 3.05) is 13.7 Å². The molecule has 0 unspecified atom stereocenters. The molecule has 0 spiro atoms. The van der Waals surface area contributed by atoms with Gasteiger partial charge in [-0.2, -0.15) is 0 Å². The summed E-state index contributed by atoms with van der Waals surface area (Å²) in [4.78, 5) is 10.1.